The maximum atomic E-state index is 13.9. The lowest BCUT2D eigenvalue weighted by molar-refractivity contribution is -0.151. The predicted molar refractivity (Wildman–Crippen MR) is 185 cm³/mol. The molecule has 2 amide bonds. The van der Waals surface area contributed by atoms with Gasteiger partial charge in [0.2, 0.25) is 11.8 Å². The molecule has 0 saturated heterocycles. The highest BCUT2D eigenvalue weighted by Crippen LogP contribution is 2.24. The number of ether oxygens (including phenoxy) is 2. The minimum absolute atomic E-state index is 0.0347. The second-order valence-electron chi connectivity index (χ2n) is 12.0. The van der Waals surface area contributed by atoms with Crippen molar-refractivity contribution in [1.29, 1.82) is 0 Å². The van der Waals surface area contributed by atoms with E-state index in [4.69, 9.17) is 9.47 Å². The number of carbonyl (C=O) groups excluding carboxylic acids is 5. The van der Waals surface area contributed by atoms with E-state index in [-0.39, 0.29) is 25.6 Å². The zero-order valence-corrected chi connectivity index (χ0v) is 29.1. The number of carbonyl (C=O) groups is 6. The van der Waals surface area contributed by atoms with E-state index in [1.54, 1.807) is 75.4 Å². The molecule has 0 radical (unpaired) electrons. The fraction of sp³-hybridized carbons (Fsp3) is 0.417. The molecule has 0 bridgehead atoms. The van der Waals surface area contributed by atoms with Crippen LogP contribution < -0.4 is 10.6 Å². The number of aliphatic carboxylic acids is 1. The second-order valence-corrected chi connectivity index (χ2v) is 14.5. The SMILES string of the molecule is C=S(C)(=O)/C=C/[C@H](CC(=O)O)NC(=O)[C@@H](CC(=O)[C@@H](NC(=O)[C@H](CC(=O)OCC)CC(=O)OCc1ccccc1)c1ccccc1)C(C)C. The minimum atomic E-state index is -2.62. The fourth-order valence-corrected chi connectivity index (χ4v) is 5.33. The third-order valence-electron chi connectivity index (χ3n) is 7.37. The number of hydrogen-bond donors (Lipinski definition) is 3. The minimum Gasteiger partial charge on any atom is -0.481 e. The molecule has 0 heterocycles. The van der Waals surface area contributed by atoms with Gasteiger partial charge in [-0.2, -0.15) is 0 Å². The van der Waals surface area contributed by atoms with Crippen LogP contribution in [0.2, 0.25) is 0 Å². The van der Waals surface area contributed by atoms with Gasteiger partial charge in [-0.05, 0) is 44.8 Å². The Hall–Kier alpha value is -4.78. The van der Waals surface area contributed by atoms with Gasteiger partial charge in [0.15, 0.2) is 5.78 Å². The lowest BCUT2D eigenvalue weighted by atomic mass is 9.86. The van der Waals surface area contributed by atoms with Gasteiger partial charge in [-0.25, -0.2) is 0 Å². The van der Waals surface area contributed by atoms with E-state index in [1.165, 1.54) is 17.7 Å². The van der Waals surface area contributed by atoms with Crippen molar-refractivity contribution in [2.24, 2.45) is 17.8 Å². The summed E-state index contributed by atoms with van der Waals surface area (Å²) in [6.45, 7) is 5.08. The van der Waals surface area contributed by atoms with E-state index >= 15 is 0 Å². The average Bonchev–Trinajstić information content (AvgIpc) is 3.03. The summed E-state index contributed by atoms with van der Waals surface area (Å²) < 4.78 is 22.4. The molecule has 0 aliphatic carbocycles. The largest absolute Gasteiger partial charge is 0.481 e. The van der Waals surface area contributed by atoms with E-state index in [0.717, 1.165) is 5.56 Å². The summed E-state index contributed by atoms with van der Waals surface area (Å²) in [6.07, 6.45) is 0.940. The fourth-order valence-electron chi connectivity index (χ4n) is 4.80. The Morgan fingerprint density at radius 2 is 1.41 bits per heavy atom. The molecule has 12 nitrogen and oxygen atoms in total. The number of rotatable bonds is 20. The van der Waals surface area contributed by atoms with Crippen LogP contribution in [-0.2, 0) is 54.4 Å². The first-order valence-electron chi connectivity index (χ1n) is 15.8. The van der Waals surface area contributed by atoms with Crippen molar-refractivity contribution in [2.45, 2.75) is 65.1 Å². The Balaban J connectivity index is 2.31. The van der Waals surface area contributed by atoms with E-state index in [1.807, 2.05) is 6.07 Å². The van der Waals surface area contributed by atoms with Gasteiger partial charge in [-0.15, -0.1) is 0 Å². The van der Waals surface area contributed by atoms with Crippen molar-refractivity contribution in [3.8, 4) is 0 Å². The number of hydrogen-bond acceptors (Lipinski definition) is 9. The summed E-state index contributed by atoms with van der Waals surface area (Å²) in [4.78, 5) is 77.7. The predicted octanol–water partition coefficient (Wildman–Crippen LogP) is 3.60. The molecule has 2 aromatic rings. The molecule has 2 aromatic carbocycles. The normalized spacial score (nSPS) is 14.9. The molecule has 0 fully saturated rings. The van der Waals surface area contributed by atoms with Crippen molar-refractivity contribution in [2.75, 3.05) is 12.9 Å². The average molecular weight is 699 g/mol. The number of benzene rings is 2. The monoisotopic (exact) mass is 698 g/mol. The van der Waals surface area contributed by atoms with Crippen LogP contribution in [0, 0.1) is 17.8 Å². The van der Waals surface area contributed by atoms with Crippen LogP contribution in [0.4, 0.5) is 0 Å². The molecule has 266 valence electrons. The maximum Gasteiger partial charge on any atom is 0.306 e. The number of carboxylic acid groups (broad SMARTS) is 1. The van der Waals surface area contributed by atoms with Crippen LogP contribution in [0.5, 0.6) is 0 Å². The molecule has 0 aliphatic heterocycles. The summed E-state index contributed by atoms with van der Waals surface area (Å²) in [5.41, 5.74) is 1.14. The first-order valence-corrected chi connectivity index (χ1v) is 18.0. The van der Waals surface area contributed by atoms with Gasteiger partial charge in [0.1, 0.15) is 12.6 Å². The first-order chi connectivity index (χ1) is 23.1. The highest BCUT2D eigenvalue weighted by molar-refractivity contribution is 8.02. The highest BCUT2D eigenvalue weighted by Gasteiger charge is 2.34. The van der Waals surface area contributed by atoms with Gasteiger partial charge >= 0.3 is 17.9 Å². The Morgan fingerprint density at radius 3 is 1.94 bits per heavy atom. The van der Waals surface area contributed by atoms with Gasteiger partial charge in [0.25, 0.3) is 0 Å². The van der Waals surface area contributed by atoms with Gasteiger partial charge < -0.3 is 25.2 Å². The lowest BCUT2D eigenvalue weighted by Crippen LogP contribution is -2.44. The Morgan fingerprint density at radius 1 is 0.837 bits per heavy atom. The molecule has 0 spiro atoms. The van der Waals surface area contributed by atoms with Crippen molar-refractivity contribution < 1.29 is 47.6 Å². The highest BCUT2D eigenvalue weighted by atomic mass is 32.2. The first kappa shape index (κ1) is 40.4. The number of nitrogens with one attached hydrogen (secondary N) is 2. The summed E-state index contributed by atoms with van der Waals surface area (Å²) in [7, 11) is -2.62. The van der Waals surface area contributed by atoms with Crippen LogP contribution in [0.15, 0.2) is 72.1 Å². The molecule has 49 heavy (non-hydrogen) atoms. The third kappa shape index (κ3) is 15.3. The van der Waals surface area contributed by atoms with Crippen LogP contribution in [0.1, 0.15) is 63.6 Å². The van der Waals surface area contributed by atoms with Crippen LogP contribution in [0.3, 0.4) is 0 Å². The molecule has 0 aliphatic rings. The number of ketones is 1. The molecular formula is C36H46N2O10S. The molecular weight excluding hydrogens is 652 g/mol. The number of esters is 2. The van der Waals surface area contributed by atoms with Crippen LogP contribution >= 0.6 is 0 Å². The maximum absolute atomic E-state index is 13.9. The standard InChI is InChI=1S/C36H46N2O10S/c1-6-47-32(42)19-27(20-33(43)48-23-25-13-9-7-10-14-25)35(44)38-34(26-15-11-8-12-16-26)30(39)22-29(24(2)3)36(45)37-28(21-31(40)41)17-18-49(4,5)46/h7-18,24,27-29,34H,4,6,19-23H2,1-3,5H3,(H,37,45)(H,38,44)(H,40,41)/b18-17+/t27-,28-,29+,34+,49?/m1/s1. The van der Waals surface area contributed by atoms with Gasteiger partial charge in [-0.1, -0.05) is 80.6 Å². The third-order valence-corrected chi connectivity index (χ3v) is 8.10. The Kier molecular flexibility index (Phi) is 16.4. The molecule has 0 aromatic heterocycles. The summed E-state index contributed by atoms with van der Waals surface area (Å²) in [6, 6.07) is 15.0. The van der Waals surface area contributed by atoms with E-state index in [0.29, 0.717) is 5.56 Å². The zero-order chi connectivity index (χ0) is 36.6. The van der Waals surface area contributed by atoms with E-state index in [2.05, 4.69) is 16.5 Å². The van der Waals surface area contributed by atoms with Crippen molar-refractivity contribution >= 4 is 50.9 Å². The quantitative estimate of drug-likeness (QED) is 0.137. The number of carboxylic acids is 1. The molecule has 5 atom stereocenters. The van der Waals surface area contributed by atoms with Gasteiger partial charge in [0, 0.05) is 18.6 Å². The Labute approximate surface area is 287 Å². The summed E-state index contributed by atoms with van der Waals surface area (Å²) in [5.74, 6) is -3.59. The van der Waals surface area contributed by atoms with Crippen LogP contribution in [-0.4, -0.2) is 69.6 Å². The lowest BCUT2D eigenvalue weighted by Gasteiger charge is -2.26. The molecule has 0 saturated carbocycles. The zero-order valence-electron chi connectivity index (χ0n) is 28.3. The molecule has 13 heteroatoms. The molecule has 2 rings (SSSR count). The van der Waals surface area contributed by atoms with Crippen molar-refractivity contribution in [3.63, 3.8) is 0 Å². The number of amides is 2. The van der Waals surface area contributed by atoms with Crippen molar-refractivity contribution in [1.82, 2.24) is 10.6 Å². The Bertz CT molecular complexity index is 1570. The topological polar surface area (TPSA) is 182 Å². The van der Waals surface area contributed by atoms with Gasteiger partial charge in [0.05, 0.1) is 37.8 Å². The van der Waals surface area contributed by atoms with Crippen molar-refractivity contribution in [3.05, 3.63) is 83.3 Å². The smallest absolute Gasteiger partial charge is 0.306 e. The number of Topliss-reactive ketones (excluding diaryl/α,β-unsaturated/α-hetero) is 1. The summed E-state index contributed by atoms with van der Waals surface area (Å²) in [5, 5.41) is 15.9. The van der Waals surface area contributed by atoms with E-state index in [9.17, 15) is 38.1 Å². The summed E-state index contributed by atoms with van der Waals surface area (Å²) >= 11 is 0. The molecule has 3 N–H and O–H groups in total. The van der Waals surface area contributed by atoms with E-state index < -0.39 is 88.2 Å². The van der Waals surface area contributed by atoms with Gasteiger partial charge in [-0.3, -0.25) is 33.0 Å². The van der Waals surface area contributed by atoms with Crippen LogP contribution in [0.25, 0.3) is 0 Å². The molecule has 1 unspecified atom stereocenters. The second kappa shape index (κ2) is 19.9.